The summed E-state index contributed by atoms with van der Waals surface area (Å²) < 4.78 is 25.0. The summed E-state index contributed by atoms with van der Waals surface area (Å²) in [6.07, 6.45) is 0.824. The molecule has 0 amide bonds. The predicted octanol–water partition coefficient (Wildman–Crippen LogP) is 1.95. The van der Waals surface area contributed by atoms with E-state index in [9.17, 15) is 13.6 Å². The molecule has 0 aromatic heterocycles. The van der Waals surface area contributed by atoms with Crippen LogP contribution >= 0.6 is 0 Å². The van der Waals surface area contributed by atoms with Gasteiger partial charge >= 0.3 is 5.97 Å². The van der Waals surface area contributed by atoms with Crippen molar-refractivity contribution in [2.45, 2.75) is 0 Å². The lowest BCUT2D eigenvalue weighted by Crippen LogP contribution is -1.98. The molecule has 0 aliphatic rings. The molecule has 1 rings (SSSR count). The maximum atomic E-state index is 12.6. The van der Waals surface area contributed by atoms with Gasteiger partial charge in [-0.05, 0) is 23.8 Å². The second-order valence-corrected chi connectivity index (χ2v) is 2.51. The van der Waals surface area contributed by atoms with Crippen molar-refractivity contribution < 1.29 is 23.8 Å². The van der Waals surface area contributed by atoms with Crippen LogP contribution < -0.4 is 0 Å². The summed E-state index contributed by atoms with van der Waals surface area (Å²) in [4.78, 5) is 10.2. The molecule has 0 saturated heterocycles. The van der Waals surface area contributed by atoms with Crippen LogP contribution in [0, 0.1) is 11.6 Å². The van der Waals surface area contributed by atoms with Crippen molar-refractivity contribution in [3.8, 4) is 0 Å². The summed E-state index contributed by atoms with van der Waals surface area (Å²) in [5.41, 5.74) is 0.0730. The summed E-state index contributed by atoms with van der Waals surface area (Å²) in [5.74, 6) is -4.60. The number of aliphatic hydroxyl groups excluding tert-OH is 1. The second-order valence-electron chi connectivity index (χ2n) is 2.51. The normalized spacial score (nSPS) is 11.4. The molecule has 0 heterocycles. The molecule has 0 bridgehead atoms. The SMILES string of the molecule is O=C(O)C(O)=Cc1ccc(F)c(F)c1. The van der Waals surface area contributed by atoms with E-state index in [4.69, 9.17) is 10.2 Å². The van der Waals surface area contributed by atoms with E-state index in [2.05, 4.69) is 0 Å². The molecule has 3 nitrogen and oxygen atoms in total. The molecule has 0 radical (unpaired) electrons. The average Bonchev–Trinajstić information content (AvgIpc) is 2.11. The molecular formula is C9H6F2O3. The van der Waals surface area contributed by atoms with Crippen LogP contribution in [0.25, 0.3) is 6.08 Å². The zero-order chi connectivity index (χ0) is 10.7. The summed E-state index contributed by atoms with van der Waals surface area (Å²) in [7, 11) is 0. The summed E-state index contributed by atoms with van der Waals surface area (Å²) in [6.45, 7) is 0. The van der Waals surface area contributed by atoms with Crippen molar-refractivity contribution in [1.29, 1.82) is 0 Å². The van der Waals surface area contributed by atoms with Gasteiger partial charge in [-0.2, -0.15) is 0 Å². The molecule has 1 aromatic rings. The third kappa shape index (κ3) is 2.29. The van der Waals surface area contributed by atoms with Gasteiger partial charge in [0.2, 0.25) is 5.76 Å². The molecule has 0 saturated carbocycles. The summed E-state index contributed by atoms with van der Waals surface area (Å²) in [5, 5.41) is 17.1. The van der Waals surface area contributed by atoms with Gasteiger partial charge in [-0.15, -0.1) is 0 Å². The fourth-order valence-electron chi connectivity index (χ4n) is 0.822. The van der Waals surface area contributed by atoms with Gasteiger partial charge in [-0.3, -0.25) is 0 Å². The first-order valence-electron chi connectivity index (χ1n) is 3.59. The number of aliphatic hydroxyl groups is 1. The maximum Gasteiger partial charge on any atom is 0.370 e. The van der Waals surface area contributed by atoms with Gasteiger partial charge < -0.3 is 10.2 Å². The van der Waals surface area contributed by atoms with Crippen LogP contribution in [-0.2, 0) is 4.79 Å². The number of carboxylic acids is 1. The predicted molar refractivity (Wildman–Crippen MR) is 44.6 cm³/mol. The Morgan fingerprint density at radius 3 is 2.36 bits per heavy atom. The molecule has 0 aliphatic carbocycles. The van der Waals surface area contributed by atoms with Crippen LogP contribution in [0.2, 0.25) is 0 Å². The Morgan fingerprint density at radius 1 is 1.21 bits per heavy atom. The van der Waals surface area contributed by atoms with E-state index in [1.165, 1.54) is 0 Å². The molecule has 0 fully saturated rings. The third-order valence-corrected chi connectivity index (χ3v) is 1.47. The quantitative estimate of drug-likeness (QED) is 0.566. The molecule has 0 spiro atoms. The van der Waals surface area contributed by atoms with Crippen LogP contribution in [-0.4, -0.2) is 16.2 Å². The van der Waals surface area contributed by atoms with Crippen LogP contribution in [0.3, 0.4) is 0 Å². The van der Waals surface area contributed by atoms with Crippen LogP contribution in [0.1, 0.15) is 5.56 Å². The van der Waals surface area contributed by atoms with Gasteiger partial charge in [0.1, 0.15) is 0 Å². The van der Waals surface area contributed by atoms with Gasteiger partial charge in [0.05, 0.1) is 0 Å². The summed E-state index contributed by atoms with van der Waals surface area (Å²) in [6, 6.07) is 2.78. The van der Waals surface area contributed by atoms with Gasteiger partial charge in [0.25, 0.3) is 0 Å². The van der Waals surface area contributed by atoms with Crippen molar-refractivity contribution in [3.63, 3.8) is 0 Å². The van der Waals surface area contributed by atoms with Crippen molar-refractivity contribution in [3.05, 3.63) is 41.2 Å². The monoisotopic (exact) mass is 200 g/mol. The third-order valence-electron chi connectivity index (χ3n) is 1.47. The Morgan fingerprint density at radius 2 is 1.86 bits per heavy atom. The number of benzene rings is 1. The van der Waals surface area contributed by atoms with Crippen molar-refractivity contribution in [2.75, 3.05) is 0 Å². The van der Waals surface area contributed by atoms with Crippen LogP contribution in [0.5, 0.6) is 0 Å². The molecule has 0 atom stereocenters. The van der Waals surface area contributed by atoms with Gasteiger partial charge in [0, 0.05) is 0 Å². The first-order chi connectivity index (χ1) is 6.50. The number of rotatable bonds is 2. The minimum Gasteiger partial charge on any atom is -0.502 e. The summed E-state index contributed by atoms with van der Waals surface area (Å²) >= 11 is 0. The van der Waals surface area contributed by atoms with Crippen molar-refractivity contribution in [1.82, 2.24) is 0 Å². The highest BCUT2D eigenvalue weighted by atomic mass is 19.2. The largest absolute Gasteiger partial charge is 0.502 e. The van der Waals surface area contributed by atoms with Crippen LogP contribution in [0.15, 0.2) is 24.0 Å². The van der Waals surface area contributed by atoms with Crippen molar-refractivity contribution in [2.24, 2.45) is 0 Å². The molecule has 0 aliphatic heterocycles. The Kier molecular flexibility index (Phi) is 2.81. The Bertz CT molecular complexity index is 399. The smallest absolute Gasteiger partial charge is 0.370 e. The minimum absolute atomic E-state index is 0.0730. The fraction of sp³-hybridized carbons (Fsp3) is 0. The standard InChI is InChI=1S/C9H6F2O3/c10-6-2-1-5(3-7(6)11)4-8(12)9(13)14/h1-4,12H,(H,13,14). The zero-order valence-corrected chi connectivity index (χ0v) is 6.87. The molecule has 0 unspecified atom stereocenters. The topological polar surface area (TPSA) is 57.5 Å². The molecule has 1 aromatic carbocycles. The molecular weight excluding hydrogens is 194 g/mol. The van der Waals surface area contributed by atoms with E-state index in [0.717, 1.165) is 24.3 Å². The lowest BCUT2D eigenvalue weighted by Gasteiger charge is -1.96. The fourth-order valence-corrected chi connectivity index (χ4v) is 0.822. The highest BCUT2D eigenvalue weighted by Crippen LogP contribution is 2.11. The number of hydrogen-bond donors (Lipinski definition) is 2. The van der Waals surface area contributed by atoms with E-state index in [-0.39, 0.29) is 5.56 Å². The van der Waals surface area contributed by atoms with E-state index in [1.807, 2.05) is 0 Å². The number of halogens is 2. The van der Waals surface area contributed by atoms with E-state index in [0.29, 0.717) is 0 Å². The molecule has 14 heavy (non-hydrogen) atoms. The highest BCUT2D eigenvalue weighted by molar-refractivity contribution is 5.89. The first kappa shape index (κ1) is 10.2. The lowest BCUT2D eigenvalue weighted by molar-refractivity contribution is -0.135. The zero-order valence-electron chi connectivity index (χ0n) is 6.87. The number of carbonyl (C=O) groups is 1. The Labute approximate surface area is 77.9 Å². The van der Waals surface area contributed by atoms with E-state index in [1.54, 1.807) is 0 Å². The van der Waals surface area contributed by atoms with Crippen LogP contribution in [0.4, 0.5) is 8.78 Å². The minimum atomic E-state index is -1.53. The van der Waals surface area contributed by atoms with Gasteiger partial charge in [-0.1, -0.05) is 6.07 Å². The maximum absolute atomic E-state index is 12.6. The molecule has 5 heteroatoms. The number of aliphatic carboxylic acids is 1. The first-order valence-corrected chi connectivity index (χ1v) is 3.59. The van der Waals surface area contributed by atoms with E-state index >= 15 is 0 Å². The average molecular weight is 200 g/mol. The molecule has 74 valence electrons. The highest BCUT2D eigenvalue weighted by Gasteiger charge is 2.05. The Hall–Kier alpha value is -1.91. The van der Waals surface area contributed by atoms with Gasteiger partial charge in [-0.25, -0.2) is 13.6 Å². The lowest BCUT2D eigenvalue weighted by atomic mass is 10.2. The van der Waals surface area contributed by atoms with Crippen molar-refractivity contribution >= 4 is 12.0 Å². The Balaban J connectivity index is 3.04. The molecule has 2 N–H and O–H groups in total. The van der Waals surface area contributed by atoms with Gasteiger partial charge in [0.15, 0.2) is 11.6 Å². The van der Waals surface area contributed by atoms with E-state index < -0.39 is 23.4 Å². The number of carboxylic acid groups (broad SMARTS) is 1. The second kappa shape index (κ2) is 3.87. The number of hydrogen-bond acceptors (Lipinski definition) is 2.